The lowest BCUT2D eigenvalue weighted by Crippen LogP contribution is -2.37. The molecule has 0 aliphatic carbocycles. The summed E-state index contributed by atoms with van der Waals surface area (Å²) in [5.41, 5.74) is 0.940. The van der Waals surface area contributed by atoms with E-state index in [1.54, 1.807) is 4.68 Å². The standard InChI is InChI=1S/C12H21ClN4/c1-3-17-6-4-5-10(17)7-14-8-12-11(13)9-16(2)15-12/h9-10,14H,3-8H2,1-2H3. The highest BCUT2D eigenvalue weighted by Gasteiger charge is 2.22. The highest BCUT2D eigenvalue weighted by molar-refractivity contribution is 6.31. The molecule has 0 aromatic carbocycles. The number of likely N-dealkylation sites (N-methyl/N-ethyl adjacent to an activating group) is 1. The number of hydrogen-bond donors (Lipinski definition) is 1. The highest BCUT2D eigenvalue weighted by atomic mass is 35.5. The zero-order valence-electron chi connectivity index (χ0n) is 10.6. The molecule has 0 saturated carbocycles. The summed E-state index contributed by atoms with van der Waals surface area (Å²) in [7, 11) is 1.89. The third kappa shape index (κ3) is 3.21. The lowest BCUT2D eigenvalue weighted by atomic mass is 10.2. The summed E-state index contributed by atoms with van der Waals surface area (Å²) in [6.07, 6.45) is 4.47. The SMILES string of the molecule is CCN1CCCC1CNCc1nn(C)cc1Cl. The largest absolute Gasteiger partial charge is 0.309 e. The average molecular weight is 257 g/mol. The first kappa shape index (κ1) is 12.9. The van der Waals surface area contributed by atoms with Crippen LogP contribution in [0.4, 0.5) is 0 Å². The number of hydrogen-bond acceptors (Lipinski definition) is 3. The summed E-state index contributed by atoms with van der Waals surface area (Å²) < 4.78 is 1.76. The van der Waals surface area contributed by atoms with E-state index < -0.39 is 0 Å². The Kier molecular flexibility index (Phi) is 4.42. The molecule has 4 nitrogen and oxygen atoms in total. The van der Waals surface area contributed by atoms with Gasteiger partial charge in [0.15, 0.2) is 0 Å². The Hall–Kier alpha value is -0.580. The maximum absolute atomic E-state index is 6.06. The van der Waals surface area contributed by atoms with Crippen LogP contribution in [0.1, 0.15) is 25.5 Å². The summed E-state index contributed by atoms with van der Waals surface area (Å²) in [5.74, 6) is 0. The summed E-state index contributed by atoms with van der Waals surface area (Å²) in [5, 5.41) is 8.53. The lowest BCUT2D eigenvalue weighted by molar-refractivity contribution is 0.259. The van der Waals surface area contributed by atoms with Crippen LogP contribution in [0.25, 0.3) is 0 Å². The number of halogens is 1. The van der Waals surface area contributed by atoms with Gasteiger partial charge in [0.1, 0.15) is 0 Å². The van der Waals surface area contributed by atoms with Gasteiger partial charge in [0.2, 0.25) is 0 Å². The molecule has 1 atom stereocenters. The van der Waals surface area contributed by atoms with E-state index in [1.165, 1.54) is 19.4 Å². The molecule has 0 amide bonds. The van der Waals surface area contributed by atoms with Gasteiger partial charge in [-0.25, -0.2) is 0 Å². The van der Waals surface area contributed by atoms with Crippen LogP contribution in [0, 0.1) is 0 Å². The van der Waals surface area contributed by atoms with Crippen LogP contribution in [-0.2, 0) is 13.6 Å². The minimum absolute atomic E-state index is 0.683. The van der Waals surface area contributed by atoms with Gasteiger partial charge >= 0.3 is 0 Å². The Balaban J connectivity index is 1.77. The van der Waals surface area contributed by atoms with Crippen LogP contribution >= 0.6 is 11.6 Å². The number of likely N-dealkylation sites (tertiary alicyclic amines) is 1. The van der Waals surface area contributed by atoms with Crippen LogP contribution in [0.2, 0.25) is 5.02 Å². The van der Waals surface area contributed by atoms with Gasteiger partial charge in [0.05, 0.1) is 10.7 Å². The summed E-state index contributed by atoms with van der Waals surface area (Å²) in [6.45, 7) is 6.41. The number of nitrogens with one attached hydrogen (secondary N) is 1. The molecule has 1 aromatic heterocycles. The molecular formula is C12H21ClN4. The first-order valence-electron chi connectivity index (χ1n) is 6.33. The van der Waals surface area contributed by atoms with Crippen molar-refractivity contribution in [1.82, 2.24) is 20.0 Å². The molecule has 1 unspecified atom stereocenters. The number of rotatable bonds is 5. The van der Waals surface area contributed by atoms with Gasteiger partial charge in [-0.1, -0.05) is 18.5 Å². The van der Waals surface area contributed by atoms with Crippen LogP contribution in [0.3, 0.4) is 0 Å². The summed E-state index contributed by atoms with van der Waals surface area (Å²) in [4.78, 5) is 2.53. The van der Waals surface area contributed by atoms with Gasteiger partial charge in [-0.2, -0.15) is 5.10 Å². The van der Waals surface area contributed by atoms with E-state index >= 15 is 0 Å². The second-order valence-corrected chi connectivity index (χ2v) is 5.06. The second-order valence-electron chi connectivity index (χ2n) is 4.65. The number of aryl methyl sites for hydroxylation is 1. The van der Waals surface area contributed by atoms with E-state index in [0.29, 0.717) is 6.04 Å². The first-order valence-corrected chi connectivity index (χ1v) is 6.71. The molecule has 2 heterocycles. The molecular weight excluding hydrogens is 236 g/mol. The predicted molar refractivity (Wildman–Crippen MR) is 70.2 cm³/mol. The van der Waals surface area contributed by atoms with Gasteiger partial charge < -0.3 is 5.32 Å². The highest BCUT2D eigenvalue weighted by Crippen LogP contribution is 2.16. The molecule has 1 saturated heterocycles. The van der Waals surface area contributed by atoms with E-state index in [9.17, 15) is 0 Å². The molecule has 0 spiro atoms. The molecule has 0 radical (unpaired) electrons. The van der Waals surface area contributed by atoms with Crippen molar-refractivity contribution in [3.05, 3.63) is 16.9 Å². The normalized spacial score (nSPS) is 21.2. The van der Waals surface area contributed by atoms with E-state index in [2.05, 4.69) is 22.2 Å². The van der Waals surface area contributed by atoms with Crippen molar-refractivity contribution in [2.75, 3.05) is 19.6 Å². The van der Waals surface area contributed by atoms with Gasteiger partial charge in [-0.05, 0) is 25.9 Å². The zero-order chi connectivity index (χ0) is 12.3. The molecule has 1 aliphatic heterocycles. The zero-order valence-corrected chi connectivity index (χ0v) is 11.4. The van der Waals surface area contributed by atoms with E-state index in [1.807, 2.05) is 13.2 Å². The van der Waals surface area contributed by atoms with Crippen molar-refractivity contribution in [3.63, 3.8) is 0 Å². The van der Waals surface area contributed by atoms with Crippen molar-refractivity contribution in [1.29, 1.82) is 0 Å². The third-order valence-electron chi connectivity index (χ3n) is 3.43. The number of aromatic nitrogens is 2. The first-order chi connectivity index (χ1) is 8.20. The van der Waals surface area contributed by atoms with Gasteiger partial charge in [-0.3, -0.25) is 9.58 Å². The van der Waals surface area contributed by atoms with E-state index in [-0.39, 0.29) is 0 Å². The second kappa shape index (κ2) is 5.85. The molecule has 1 aliphatic rings. The molecule has 5 heteroatoms. The minimum Gasteiger partial charge on any atom is -0.309 e. The fourth-order valence-corrected chi connectivity index (χ4v) is 2.77. The Morgan fingerprint density at radius 2 is 2.41 bits per heavy atom. The quantitative estimate of drug-likeness (QED) is 0.870. The van der Waals surface area contributed by atoms with Crippen molar-refractivity contribution < 1.29 is 0 Å². The van der Waals surface area contributed by atoms with Crippen molar-refractivity contribution in [3.8, 4) is 0 Å². The Bertz CT molecular complexity index is 363. The summed E-state index contributed by atoms with van der Waals surface area (Å²) >= 11 is 6.06. The maximum atomic E-state index is 6.06. The minimum atomic E-state index is 0.683. The Morgan fingerprint density at radius 1 is 1.59 bits per heavy atom. The third-order valence-corrected chi connectivity index (χ3v) is 3.75. The number of nitrogens with zero attached hydrogens (tertiary/aromatic N) is 3. The molecule has 96 valence electrons. The average Bonchev–Trinajstić information content (AvgIpc) is 2.86. The fraction of sp³-hybridized carbons (Fsp3) is 0.750. The van der Waals surface area contributed by atoms with Crippen LogP contribution in [-0.4, -0.2) is 40.4 Å². The monoisotopic (exact) mass is 256 g/mol. The van der Waals surface area contributed by atoms with Gasteiger partial charge in [0, 0.05) is 32.4 Å². The molecule has 1 N–H and O–H groups in total. The fourth-order valence-electron chi connectivity index (χ4n) is 2.53. The van der Waals surface area contributed by atoms with Crippen molar-refractivity contribution >= 4 is 11.6 Å². The summed E-state index contributed by atoms with van der Waals surface area (Å²) in [6, 6.07) is 0.683. The van der Waals surface area contributed by atoms with Gasteiger partial charge in [-0.15, -0.1) is 0 Å². The van der Waals surface area contributed by atoms with Crippen LogP contribution < -0.4 is 5.32 Å². The maximum Gasteiger partial charge on any atom is 0.0948 e. The Morgan fingerprint density at radius 3 is 3.06 bits per heavy atom. The molecule has 1 fully saturated rings. The van der Waals surface area contributed by atoms with Crippen LogP contribution in [0.5, 0.6) is 0 Å². The molecule has 0 bridgehead atoms. The van der Waals surface area contributed by atoms with Gasteiger partial charge in [0.25, 0.3) is 0 Å². The lowest BCUT2D eigenvalue weighted by Gasteiger charge is -2.22. The van der Waals surface area contributed by atoms with Crippen molar-refractivity contribution in [2.24, 2.45) is 7.05 Å². The van der Waals surface area contributed by atoms with Crippen LogP contribution in [0.15, 0.2) is 6.20 Å². The van der Waals surface area contributed by atoms with E-state index in [0.717, 1.165) is 30.4 Å². The predicted octanol–water partition coefficient (Wildman–Crippen LogP) is 1.65. The van der Waals surface area contributed by atoms with E-state index in [4.69, 9.17) is 11.6 Å². The molecule has 1 aromatic rings. The topological polar surface area (TPSA) is 33.1 Å². The Labute approximate surface area is 108 Å². The van der Waals surface area contributed by atoms with Crippen molar-refractivity contribution in [2.45, 2.75) is 32.4 Å². The molecule has 2 rings (SSSR count). The molecule has 17 heavy (non-hydrogen) atoms. The smallest absolute Gasteiger partial charge is 0.0948 e.